The zero-order valence-corrected chi connectivity index (χ0v) is 13.2. The third-order valence-corrected chi connectivity index (χ3v) is 4.94. The Morgan fingerprint density at radius 1 is 1.67 bits per heavy atom. The summed E-state index contributed by atoms with van der Waals surface area (Å²) < 4.78 is 1.12. The Hall–Kier alpha value is -0.390. The molecule has 5 heteroatoms. The van der Waals surface area contributed by atoms with E-state index < -0.39 is 0 Å². The van der Waals surface area contributed by atoms with Gasteiger partial charge in [-0.15, -0.1) is 11.3 Å². The molecule has 1 amide bonds. The van der Waals surface area contributed by atoms with E-state index in [1.807, 2.05) is 11.9 Å². The van der Waals surface area contributed by atoms with Gasteiger partial charge in [0.15, 0.2) is 0 Å². The van der Waals surface area contributed by atoms with Gasteiger partial charge in [0.2, 0.25) is 5.91 Å². The summed E-state index contributed by atoms with van der Waals surface area (Å²) in [6.07, 6.45) is 1.91. The van der Waals surface area contributed by atoms with Crippen LogP contribution in [0.4, 0.5) is 0 Å². The standard InChI is InChI=1S/C13H19BrN2OS/c1-9-5-11(3-4-15-9)13(17)16(2)7-10-6-12(14)18-8-10/h6,8-9,11,15H,3-5,7H2,1-2H3/t9-,11-/m0/s1. The zero-order chi connectivity index (χ0) is 13.1. The van der Waals surface area contributed by atoms with Crippen LogP contribution in [-0.2, 0) is 11.3 Å². The molecule has 2 atom stereocenters. The van der Waals surface area contributed by atoms with E-state index in [2.05, 4.69) is 39.6 Å². The topological polar surface area (TPSA) is 32.3 Å². The lowest BCUT2D eigenvalue weighted by molar-refractivity contribution is -0.135. The van der Waals surface area contributed by atoms with Crippen LogP contribution in [0.2, 0.25) is 0 Å². The minimum Gasteiger partial charge on any atom is -0.341 e. The van der Waals surface area contributed by atoms with Gasteiger partial charge in [0.25, 0.3) is 0 Å². The van der Waals surface area contributed by atoms with Crippen LogP contribution in [0.5, 0.6) is 0 Å². The van der Waals surface area contributed by atoms with E-state index in [0.29, 0.717) is 12.6 Å². The SMILES string of the molecule is C[C@H]1C[C@@H](C(=O)N(C)Cc2csc(Br)c2)CCN1. The van der Waals surface area contributed by atoms with Crippen molar-refractivity contribution in [3.8, 4) is 0 Å². The van der Waals surface area contributed by atoms with Gasteiger partial charge in [0.1, 0.15) is 0 Å². The first-order chi connectivity index (χ1) is 8.56. The molecule has 1 aliphatic rings. The summed E-state index contributed by atoms with van der Waals surface area (Å²) in [5, 5.41) is 5.48. The van der Waals surface area contributed by atoms with E-state index in [9.17, 15) is 4.79 Å². The molecule has 100 valence electrons. The number of amides is 1. The molecule has 2 heterocycles. The average Bonchev–Trinajstić information content (AvgIpc) is 2.73. The van der Waals surface area contributed by atoms with Gasteiger partial charge in [0.05, 0.1) is 3.79 Å². The lowest BCUT2D eigenvalue weighted by Crippen LogP contribution is -2.42. The third kappa shape index (κ3) is 3.56. The fraction of sp³-hybridized carbons (Fsp3) is 0.615. The number of hydrogen-bond acceptors (Lipinski definition) is 3. The van der Waals surface area contributed by atoms with E-state index in [4.69, 9.17) is 0 Å². The van der Waals surface area contributed by atoms with Crippen LogP contribution in [0.3, 0.4) is 0 Å². The largest absolute Gasteiger partial charge is 0.341 e. The van der Waals surface area contributed by atoms with Crippen molar-refractivity contribution in [3.63, 3.8) is 0 Å². The molecule has 1 N–H and O–H groups in total. The number of carbonyl (C=O) groups is 1. The van der Waals surface area contributed by atoms with Crippen LogP contribution in [-0.4, -0.2) is 30.4 Å². The number of nitrogens with one attached hydrogen (secondary N) is 1. The maximum atomic E-state index is 12.3. The molecule has 1 saturated heterocycles. The molecule has 2 rings (SSSR count). The van der Waals surface area contributed by atoms with Crippen LogP contribution >= 0.6 is 27.3 Å². The summed E-state index contributed by atoms with van der Waals surface area (Å²) in [5.74, 6) is 0.471. The summed E-state index contributed by atoms with van der Waals surface area (Å²) >= 11 is 5.11. The number of hydrogen-bond donors (Lipinski definition) is 1. The summed E-state index contributed by atoms with van der Waals surface area (Å²) in [4.78, 5) is 14.2. The van der Waals surface area contributed by atoms with Crippen molar-refractivity contribution in [2.75, 3.05) is 13.6 Å². The minimum absolute atomic E-state index is 0.188. The Morgan fingerprint density at radius 3 is 3.06 bits per heavy atom. The summed E-state index contributed by atoms with van der Waals surface area (Å²) in [7, 11) is 1.90. The second-order valence-electron chi connectivity index (χ2n) is 5.03. The maximum Gasteiger partial charge on any atom is 0.225 e. The highest BCUT2D eigenvalue weighted by atomic mass is 79.9. The molecule has 0 saturated carbocycles. The number of nitrogens with zero attached hydrogens (tertiary/aromatic N) is 1. The molecular formula is C13H19BrN2OS. The van der Waals surface area contributed by atoms with Crippen molar-refractivity contribution in [1.82, 2.24) is 10.2 Å². The average molecular weight is 331 g/mol. The monoisotopic (exact) mass is 330 g/mol. The van der Waals surface area contributed by atoms with E-state index in [1.165, 1.54) is 5.56 Å². The quantitative estimate of drug-likeness (QED) is 0.924. The van der Waals surface area contributed by atoms with Crippen LogP contribution in [0, 0.1) is 5.92 Å². The Balaban J connectivity index is 1.91. The minimum atomic E-state index is 0.188. The molecule has 0 aromatic carbocycles. The lowest BCUT2D eigenvalue weighted by Gasteiger charge is -2.30. The van der Waals surface area contributed by atoms with Crippen LogP contribution < -0.4 is 5.32 Å². The Kier molecular flexibility index (Phi) is 4.81. The molecule has 1 aromatic heterocycles. The molecule has 1 aliphatic heterocycles. The zero-order valence-electron chi connectivity index (χ0n) is 10.8. The van der Waals surface area contributed by atoms with Crippen LogP contribution in [0.1, 0.15) is 25.3 Å². The van der Waals surface area contributed by atoms with Gasteiger partial charge >= 0.3 is 0 Å². The first-order valence-corrected chi connectivity index (χ1v) is 7.95. The van der Waals surface area contributed by atoms with E-state index in [1.54, 1.807) is 11.3 Å². The number of carbonyl (C=O) groups excluding carboxylic acids is 1. The third-order valence-electron chi connectivity index (χ3n) is 3.39. The predicted octanol–water partition coefficient (Wildman–Crippen LogP) is 2.86. The number of rotatable bonds is 3. The van der Waals surface area contributed by atoms with Gasteiger partial charge in [-0.3, -0.25) is 4.79 Å². The molecule has 1 fully saturated rings. The Morgan fingerprint density at radius 2 is 2.44 bits per heavy atom. The second kappa shape index (κ2) is 6.17. The van der Waals surface area contributed by atoms with Gasteiger partial charge < -0.3 is 10.2 Å². The van der Waals surface area contributed by atoms with Crippen molar-refractivity contribution in [1.29, 1.82) is 0 Å². The number of thiophene rings is 1. The van der Waals surface area contributed by atoms with Crippen molar-refractivity contribution in [2.45, 2.75) is 32.4 Å². The van der Waals surface area contributed by atoms with Crippen molar-refractivity contribution < 1.29 is 4.79 Å². The van der Waals surface area contributed by atoms with E-state index >= 15 is 0 Å². The highest BCUT2D eigenvalue weighted by Crippen LogP contribution is 2.23. The van der Waals surface area contributed by atoms with Gasteiger partial charge in [-0.2, -0.15) is 0 Å². The molecule has 0 unspecified atom stereocenters. The Bertz CT molecular complexity index is 421. The number of piperidine rings is 1. The summed E-state index contributed by atoms with van der Waals surface area (Å²) in [6.45, 7) is 3.81. The molecule has 0 bridgehead atoms. The molecule has 0 aliphatic carbocycles. The highest BCUT2D eigenvalue weighted by Gasteiger charge is 2.27. The maximum absolute atomic E-state index is 12.3. The summed E-state index contributed by atoms with van der Waals surface area (Å²) in [5.41, 5.74) is 1.20. The van der Waals surface area contributed by atoms with Gasteiger partial charge in [0, 0.05) is 25.6 Å². The smallest absolute Gasteiger partial charge is 0.225 e. The van der Waals surface area contributed by atoms with Crippen LogP contribution in [0.15, 0.2) is 15.2 Å². The molecule has 3 nitrogen and oxygen atoms in total. The summed E-state index contributed by atoms with van der Waals surface area (Å²) in [6, 6.07) is 2.54. The lowest BCUT2D eigenvalue weighted by atomic mass is 9.92. The second-order valence-corrected chi connectivity index (χ2v) is 7.32. The molecular weight excluding hydrogens is 312 g/mol. The first kappa shape index (κ1) is 14.0. The van der Waals surface area contributed by atoms with Crippen molar-refractivity contribution in [2.24, 2.45) is 5.92 Å². The van der Waals surface area contributed by atoms with Crippen molar-refractivity contribution in [3.05, 3.63) is 20.8 Å². The predicted molar refractivity (Wildman–Crippen MR) is 78.7 cm³/mol. The van der Waals surface area contributed by atoms with Gasteiger partial charge in [-0.1, -0.05) is 0 Å². The first-order valence-electron chi connectivity index (χ1n) is 6.27. The van der Waals surface area contributed by atoms with Crippen molar-refractivity contribution >= 4 is 33.2 Å². The highest BCUT2D eigenvalue weighted by molar-refractivity contribution is 9.11. The molecule has 0 spiro atoms. The van der Waals surface area contributed by atoms with Crippen LogP contribution in [0.25, 0.3) is 0 Å². The fourth-order valence-electron chi connectivity index (χ4n) is 2.45. The molecule has 18 heavy (non-hydrogen) atoms. The Labute approximate surface area is 121 Å². The number of halogens is 1. The van der Waals surface area contributed by atoms with E-state index in [0.717, 1.165) is 23.2 Å². The normalized spacial score (nSPS) is 23.9. The van der Waals surface area contributed by atoms with E-state index in [-0.39, 0.29) is 11.8 Å². The fourth-order valence-corrected chi connectivity index (χ4v) is 3.65. The molecule has 0 radical (unpaired) electrons. The molecule has 1 aromatic rings. The van der Waals surface area contributed by atoms with Gasteiger partial charge in [-0.05, 0) is 59.2 Å². The van der Waals surface area contributed by atoms with Gasteiger partial charge in [-0.25, -0.2) is 0 Å².